The standard InChI is InChI=1S/C15H21BrN2O/c1-11(17)13-5-7-18(8-6-13)15(19)10-12-3-2-4-14(16)9-12/h2-4,9,11,13H,5-8,10,17H2,1H3. The fraction of sp³-hybridized carbons (Fsp3) is 0.533. The molecule has 0 saturated carbocycles. The van der Waals surface area contributed by atoms with Crippen molar-refractivity contribution in [2.75, 3.05) is 13.1 Å². The number of carbonyl (C=O) groups excluding carboxylic acids is 1. The van der Waals surface area contributed by atoms with Crippen LogP contribution in [0.15, 0.2) is 28.7 Å². The Morgan fingerprint density at radius 1 is 1.47 bits per heavy atom. The summed E-state index contributed by atoms with van der Waals surface area (Å²) >= 11 is 3.43. The lowest BCUT2D eigenvalue weighted by Crippen LogP contribution is -2.43. The van der Waals surface area contributed by atoms with Gasteiger partial charge in [0.2, 0.25) is 5.91 Å². The van der Waals surface area contributed by atoms with Gasteiger partial charge in [-0.05, 0) is 43.4 Å². The van der Waals surface area contributed by atoms with E-state index in [0.29, 0.717) is 12.3 Å². The van der Waals surface area contributed by atoms with Crippen LogP contribution in [-0.4, -0.2) is 29.9 Å². The lowest BCUT2D eigenvalue weighted by molar-refractivity contribution is -0.131. The average molecular weight is 325 g/mol. The zero-order valence-electron chi connectivity index (χ0n) is 11.3. The highest BCUT2D eigenvalue weighted by Gasteiger charge is 2.24. The predicted octanol–water partition coefficient (Wildman–Crippen LogP) is 2.58. The monoisotopic (exact) mass is 324 g/mol. The molecule has 1 saturated heterocycles. The molecule has 1 unspecified atom stereocenters. The highest BCUT2D eigenvalue weighted by atomic mass is 79.9. The van der Waals surface area contributed by atoms with Gasteiger partial charge in [0, 0.05) is 23.6 Å². The van der Waals surface area contributed by atoms with E-state index in [-0.39, 0.29) is 11.9 Å². The van der Waals surface area contributed by atoms with Crippen LogP contribution in [0.25, 0.3) is 0 Å². The number of piperidine rings is 1. The van der Waals surface area contributed by atoms with Crippen molar-refractivity contribution in [3.05, 3.63) is 34.3 Å². The number of likely N-dealkylation sites (tertiary alicyclic amines) is 1. The first-order valence-electron chi connectivity index (χ1n) is 6.84. The van der Waals surface area contributed by atoms with Crippen LogP contribution in [0.2, 0.25) is 0 Å². The van der Waals surface area contributed by atoms with Crippen LogP contribution in [0.5, 0.6) is 0 Å². The second-order valence-corrected chi connectivity index (χ2v) is 6.30. The van der Waals surface area contributed by atoms with Gasteiger partial charge in [-0.15, -0.1) is 0 Å². The van der Waals surface area contributed by atoms with E-state index in [1.807, 2.05) is 29.2 Å². The largest absolute Gasteiger partial charge is 0.342 e. The molecule has 104 valence electrons. The second kappa shape index (κ2) is 6.53. The van der Waals surface area contributed by atoms with Crippen LogP contribution < -0.4 is 5.73 Å². The fourth-order valence-electron chi connectivity index (χ4n) is 2.61. The first kappa shape index (κ1) is 14.5. The van der Waals surface area contributed by atoms with Gasteiger partial charge in [0.05, 0.1) is 6.42 Å². The Morgan fingerprint density at radius 2 is 2.16 bits per heavy atom. The minimum atomic E-state index is 0.223. The number of nitrogens with two attached hydrogens (primary N) is 1. The Morgan fingerprint density at radius 3 is 2.74 bits per heavy atom. The lowest BCUT2D eigenvalue weighted by Gasteiger charge is -2.33. The van der Waals surface area contributed by atoms with Crippen LogP contribution in [0.4, 0.5) is 0 Å². The molecule has 2 rings (SSSR count). The summed E-state index contributed by atoms with van der Waals surface area (Å²) in [5.74, 6) is 0.788. The molecule has 1 aromatic rings. The van der Waals surface area contributed by atoms with Gasteiger partial charge >= 0.3 is 0 Å². The van der Waals surface area contributed by atoms with Gasteiger partial charge in [-0.3, -0.25) is 4.79 Å². The summed E-state index contributed by atoms with van der Waals surface area (Å²) in [6.45, 7) is 3.75. The summed E-state index contributed by atoms with van der Waals surface area (Å²) in [4.78, 5) is 14.2. The molecule has 4 heteroatoms. The molecular weight excluding hydrogens is 304 g/mol. The maximum atomic E-state index is 12.2. The Kier molecular flexibility index (Phi) is 4.99. The van der Waals surface area contributed by atoms with Gasteiger partial charge in [-0.1, -0.05) is 28.1 Å². The molecule has 0 bridgehead atoms. The van der Waals surface area contributed by atoms with Crippen molar-refractivity contribution in [2.24, 2.45) is 11.7 Å². The molecule has 0 aliphatic carbocycles. The van der Waals surface area contributed by atoms with E-state index in [0.717, 1.165) is 36.0 Å². The number of benzene rings is 1. The topological polar surface area (TPSA) is 46.3 Å². The number of nitrogens with zero attached hydrogens (tertiary/aromatic N) is 1. The Balaban J connectivity index is 1.88. The van der Waals surface area contributed by atoms with Crippen molar-refractivity contribution in [2.45, 2.75) is 32.2 Å². The number of carbonyl (C=O) groups is 1. The molecule has 0 aromatic heterocycles. The van der Waals surface area contributed by atoms with Crippen molar-refractivity contribution in [3.63, 3.8) is 0 Å². The fourth-order valence-corrected chi connectivity index (χ4v) is 3.05. The Labute approximate surface area is 123 Å². The third-order valence-electron chi connectivity index (χ3n) is 3.88. The molecule has 1 atom stereocenters. The smallest absolute Gasteiger partial charge is 0.226 e. The van der Waals surface area contributed by atoms with Gasteiger partial charge in [0.15, 0.2) is 0 Å². The quantitative estimate of drug-likeness (QED) is 0.928. The van der Waals surface area contributed by atoms with E-state index in [2.05, 4.69) is 22.9 Å². The van der Waals surface area contributed by atoms with Crippen molar-refractivity contribution in [1.82, 2.24) is 4.90 Å². The minimum absolute atomic E-state index is 0.223. The van der Waals surface area contributed by atoms with Gasteiger partial charge in [0.25, 0.3) is 0 Å². The van der Waals surface area contributed by atoms with E-state index < -0.39 is 0 Å². The first-order valence-corrected chi connectivity index (χ1v) is 7.63. The molecule has 2 N–H and O–H groups in total. The highest BCUT2D eigenvalue weighted by molar-refractivity contribution is 9.10. The maximum absolute atomic E-state index is 12.2. The van der Waals surface area contributed by atoms with Gasteiger partial charge in [-0.25, -0.2) is 0 Å². The summed E-state index contributed by atoms with van der Waals surface area (Å²) < 4.78 is 1.02. The highest BCUT2D eigenvalue weighted by Crippen LogP contribution is 2.20. The Hall–Kier alpha value is -0.870. The normalized spacial score (nSPS) is 18.4. The summed E-state index contributed by atoms with van der Waals surface area (Å²) in [6, 6.07) is 8.18. The van der Waals surface area contributed by atoms with Crippen LogP contribution in [0.1, 0.15) is 25.3 Å². The number of hydrogen-bond acceptors (Lipinski definition) is 2. The maximum Gasteiger partial charge on any atom is 0.226 e. The molecule has 19 heavy (non-hydrogen) atoms. The zero-order chi connectivity index (χ0) is 13.8. The lowest BCUT2D eigenvalue weighted by atomic mass is 9.91. The summed E-state index contributed by atoms with van der Waals surface area (Å²) in [7, 11) is 0. The summed E-state index contributed by atoms with van der Waals surface area (Å²) in [5, 5.41) is 0. The third-order valence-corrected chi connectivity index (χ3v) is 4.37. The third kappa shape index (κ3) is 4.05. The van der Waals surface area contributed by atoms with Crippen LogP contribution in [-0.2, 0) is 11.2 Å². The molecule has 1 aliphatic heterocycles. The zero-order valence-corrected chi connectivity index (χ0v) is 12.9. The molecule has 0 radical (unpaired) electrons. The van der Waals surface area contributed by atoms with Gasteiger partial charge in [-0.2, -0.15) is 0 Å². The molecule has 1 heterocycles. The van der Waals surface area contributed by atoms with Crippen LogP contribution >= 0.6 is 15.9 Å². The molecule has 0 spiro atoms. The average Bonchev–Trinajstić information content (AvgIpc) is 2.39. The molecule has 1 fully saturated rings. The van der Waals surface area contributed by atoms with E-state index in [1.54, 1.807) is 0 Å². The minimum Gasteiger partial charge on any atom is -0.342 e. The number of rotatable bonds is 3. The molecule has 1 aliphatic rings. The van der Waals surface area contributed by atoms with E-state index in [9.17, 15) is 4.79 Å². The van der Waals surface area contributed by atoms with E-state index in [1.165, 1.54) is 0 Å². The van der Waals surface area contributed by atoms with Crippen molar-refractivity contribution >= 4 is 21.8 Å². The first-order chi connectivity index (χ1) is 9.06. The summed E-state index contributed by atoms with van der Waals surface area (Å²) in [6.07, 6.45) is 2.55. The van der Waals surface area contributed by atoms with Crippen LogP contribution in [0, 0.1) is 5.92 Å². The Bertz CT molecular complexity index is 440. The van der Waals surface area contributed by atoms with Crippen LogP contribution in [0.3, 0.4) is 0 Å². The number of amides is 1. The van der Waals surface area contributed by atoms with Crippen molar-refractivity contribution < 1.29 is 4.79 Å². The molecular formula is C15H21BrN2O. The predicted molar refractivity (Wildman–Crippen MR) is 80.8 cm³/mol. The van der Waals surface area contributed by atoms with Crippen molar-refractivity contribution in [3.8, 4) is 0 Å². The molecule has 1 aromatic carbocycles. The number of halogens is 1. The second-order valence-electron chi connectivity index (χ2n) is 5.38. The van der Waals surface area contributed by atoms with E-state index >= 15 is 0 Å². The molecule has 3 nitrogen and oxygen atoms in total. The van der Waals surface area contributed by atoms with E-state index in [4.69, 9.17) is 5.73 Å². The van der Waals surface area contributed by atoms with Gasteiger partial charge < -0.3 is 10.6 Å². The summed E-state index contributed by atoms with van der Waals surface area (Å²) in [5.41, 5.74) is 6.98. The van der Waals surface area contributed by atoms with Crippen molar-refractivity contribution in [1.29, 1.82) is 0 Å². The SMILES string of the molecule is CC(N)C1CCN(C(=O)Cc2cccc(Br)c2)CC1. The number of hydrogen-bond donors (Lipinski definition) is 1. The van der Waals surface area contributed by atoms with Gasteiger partial charge in [0.1, 0.15) is 0 Å². The molecule has 1 amide bonds.